The van der Waals surface area contributed by atoms with Crippen LogP contribution in [0.2, 0.25) is 0 Å². The lowest BCUT2D eigenvalue weighted by Crippen LogP contribution is -2.59. The number of aliphatic hydroxyl groups excluding tert-OH is 4. The van der Waals surface area contributed by atoms with Crippen molar-refractivity contribution >= 4 is 11.9 Å². The second kappa shape index (κ2) is 39.8. The van der Waals surface area contributed by atoms with Gasteiger partial charge in [-0.2, -0.15) is 0 Å². The molecule has 1 fully saturated rings. The molecule has 342 valence electrons. The van der Waals surface area contributed by atoms with Crippen molar-refractivity contribution in [3.05, 3.63) is 48.6 Å². The van der Waals surface area contributed by atoms with E-state index in [4.69, 9.17) is 18.9 Å². The smallest absolute Gasteiger partial charge is 0.306 e. The van der Waals surface area contributed by atoms with Gasteiger partial charge in [0.1, 0.15) is 31.0 Å². The summed E-state index contributed by atoms with van der Waals surface area (Å²) in [5, 5.41) is 40.1. The Morgan fingerprint density at radius 1 is 0.542 bits per heavy atom. The molecular formula is C49H86O10. The van der Waals surface area contributed by atoms with Gasteiger partial charge < -0.3 is 39.4 Å². The molecule has 0 aromatic rings. The van der Waals surface area contributed by atoms with E-state index in [0.717, 1.165) is 77.0 Å². The van der Waals surface area contributed by atoms with Crippen LogP contribution in [-0.4, -0.2) is 89.0 Å². The van der Waals surface area contributed by atoms with E-state index < -0.39 is 49.4 Å². The van der Waals surface area contributed by atoms with Crippen LogP contribution in [0.1, 0.15) is 194 Å². The highest BCUT2D eigenvalue weighted by Crippen LogP contribution is 2.23. The van der Waals surface area contributed by atoms with Crippen LogP contribution in [0.15, 0.2) is 48.6 Å². The predicted octanol–water partition coefficient (Wildman–Crippen LogP) is 10.4. The van der Waals surface area contributed by atoms with E-state index in [9.17, 15) is 30.0 Å². The number of esters is 2. The molecule has 0 amide bonds. The fourth-order valence-corrected chi connectivity index (χ4v) is 6.96. The Labute approximate surface area is 358 Å². The Hall–Kier alpha value is -2.34. The highest BCUT2D eigenvalue weighted by molar-refractivity contribution is 5.70. The van der Waals surface area contributed by atoms with E-state index >= 15 is 0 Å². The Bertz CT molecular complexity index is 1100. The summed E-state index contributed by atoms with van der Waals surface area (Å²) in [7, 11) is 0. The lowest BCUT2D eigenvalue weighted by molar-refractivity contribution is -0.305. The van der Waals surface area contributed by atoms with Gasteiger partial charge >= 0.3 is 11.9 Å². The molecule has 10 heteroatoms. The minimum Gasteiger partial charge on any atom is -0.462 e. The minimum absolute atomic E-state index is 0.209. The summed E-state index contributed by atoms with van der Waals surface area (Å²) in [5.41, 5.74) is 0. The third-order valence-corrected chi connectivity index (χ3v) is 10.7. The van der Waals surface area contributed by atoms with Crippen LogP contribution in [0.4, 0.5) is 0 Å². The first kappa shape index (κ1) is 54.7. The third kappa shape index (κ3) is 31.2. The molecule has 1 saturated heterocycles. The van der Waals surface area contributed by atoms with Gasteiger partial charge in [0, 0.05) is 12.8 Å². The summed E-state index contributed by atoms with van der Waals surface area (Å²) in [6.07, 6.45) is 39.7. The van der Waals surface area contributed by atoms with Crippen molar-refractivity contribution in [1.29, 1.82) is 0 Å². The zero-order valence-electron chi connectivity index (χ0n) is 37.2. The van der Waals surface area contributed by atoms with Crippen molar-refractivity contribution in [3.8, 4) is 0 Å². The van der Waals surface area contributed by atoms with E-state index in [0.29, 0.717) is 6.42 Å². The minimum atomic E-state index is -1.60. The normalized spacial score (nSPS) is 20.4. The number of hydrogen-bond donors (Lipinski definition) is 4. The lowest BCUT2D eigenvalue weighted by atomic mass is 9.99. The fraction of sp³-hybridized carbons (Fsp3) is 0.796. The molecule has 59 heavy (non-hydrogen) atoms. The maximum atomic E-state index is 12.8. The molecule has 1 rings (SSSR count). The predicted molar refractivity (Wildman–Crippen MR) is 238 cm³/mol. The topological polar surface area (TPSA) is 152 Å². The number of rotatable bonds is 39. The van der Waals surface area contributed by atoms with Gasteiger partial charge in [-0.1, -0.05) is 159 Å². The molecule has 0 aromatic carbocycles. The Kier molecular flexibility index (Phi) is 36.9. The molecule has 0 aliphatic carbocycles. The van der Waals surface area contributed by atoms with Gasteiger partial charge in [-0.05, 0) is 70.6 Å². The molecule has 1 aliphatic heterocycles. The SMILES string of the molecule is CC/C=C\C/C=C\C/C=C\CCCCCCCC(=O)OC(COC(=O)CCCCCCCCCCC/C=C\CCCCCCCC)COC1OC(CO)C(O)C(O)C1O. The molecule has 6 atom stereocenters. The van der Waals surface area contributed by atoms with Crippen molar-refractivity contribution in [2.75, 3.05) is 19.8 Å². The molecular weight excluding hydrogens is 749 g/mol. The number of carbonyl (C=O) groups excluding carboxylic acids is 2. The summed E-state index contributed by atoms with van der Waals surface area (Å²) in [5.74, 6) is -0.827. The Morgan fingerprint density at radius 3 is 1.53 bits per heavy atom. The molecule has 0 bridgehead atoms. The summed E-state index contributed by atoms with van der Waals surface area (Å²) in [6, 6.07) is 0. The fourth-order valence-electron chi connectivity index (χ4n) is 6.96. The van der Waals surface area contributed by atoms with Crippen LogP contribution in [0.25, 0.3) is 0 Å². The Balaban J connectivity index is 2.30. The first-order chi connectivity index (χ1) is 28.8. The number of aliphatic hydroxyl groups is 4. The number of unbranched alkanes of at least 4 members (excludes halogenated alkanes) is 20. The van der Waals surface area contributed by atoms with Crippen LogP contribution >= 0.6 is 0 Å². The molecule has 0 aromatic heterocycles. The van der Waals surface area contributed by atoms with Gasteiger partial charge in [0.25, 0.3) is 0 Å². The van der Waals surface area contributed by atoms with E-state index in [-0.39, 0.29) is 32.0 Å². The Morgan fingerprint density at radius 2 is 1.00 bits per heavy atom. The van der Waals surface area contributed by atoms with Crippen LogP contribution in [0.3, 0.4) is 0 Å². The van der Waals surface area contributed by atoms with Crippen molar-refractivity contribution in [2.24, 2.45) is 0 Å². The third-order valence-electron chi connectivity index (χ3n) is 10.7. The summed E-state index contributed by atoms with van der Waals surface area (Å²) >= 11 is 0. The van der Waals surface area contributed by atoms with Gasteiger partial charge in [-0.3, -0.25) is 9.59 Å². The first-order valence-electron chi connectivity index (χ1n) is 23.7. The van der Waals surface area contributed by atoms with E-state index in [1.54, 1.807) is 0 Å². The number of allylic oxidation sites excluding steroid dienone is 8. The standard InChI is InChI=1S/C49H86O10/c1-3-5-7-9-11-13-15-17-19-20-21-22-24-25-27-29-31-33-35-37-44(51)56-40-42(41-57-49-48(55)47(54)46(53)43(39-50)59-49)58-45(52)38-36-34-32-30-28-26-23-18-16-14-12-10-8-6-4-2/h6,8,12,14,17-19,23,42-43,46-50,53-55H,3-5,7,9-11,13,15-16,20-22,24-41H2,1-2H3/b8-6-,14-12-,19-17-,23-18-. The van der Waals surface area contributed by atoms with Gasteiger partial charge in [-0.15, -0.1) is 0 Å². The second-order valence-electron chi connectivity index (χ2n) is 16.2. The summed E-state index contributed by atoms with van der Waals surface area (Å²) in [6.45, 7) is 3.29. The molecule has 4 N–H and O–H groups in total. The zero-order chi connectivity index (χ0) is 43.0. The van der Waals surface area contributed by atoms with Gasteiger partial charge in [0.15, 0.2) is 12.4 Å². The summed E-state index contributed by atoms with van der Waals surface area (Å²) < 4.78 is 22.2. The number of carbonyl (C=O) groups is 2. The van der Waals surface area contributed by atoms with Gasteiger partial charge in [0.05, 0.1) is 13.2 Å². The molecule has 1 heterocycles. The lowest BCUT2D eigenvalue weighted by Gasteiger charge is -2.39. The number of ether oxygens (including phenoxy) is 4. The highest BCUT2D eigenvalue weighted by atomic mass is 16.7. The number of hydrogen-bond acceptors (Lipinski definition) is 10. The van der Waals surface area contributed by atoms with Crippen LogP contribution in [0.5, 0.6) is 0 Å². The van der Waals surface area contributed by atoms with Crippen molar-refractivity contribution in [2.45, 2.75) is 230 Å². The van der Waals surface area contributed by atoms with Crippen LogP contribution in [0, 0.1) is 0 Å². The maximum Gasteiger partial charge on any atom is 0.306 e. The quantitative estimate of drug-likeness (QED) is 0.0267. The van der Waals surface area contributed by atoms with E-state index in [2.05, 4.69) is 62.5 Å². The maximum absolute atomic E-state index is 12.8. The van der Waals surface area contributed by atoms with E-state index in [1.807, 2.05) is 0 Å². The molecule has 6 unspecified atom stereocenters. The average Bonchev–Trinajstić information content (AvgIpc) is 3.23. The van der Waals surface area contributed by atoms with Crippen molar-refractivity contribution < 1.29 is 49.0 Å². The van der Waals surface area contributed by atoms with Crippen LogP contribution < -0.4 is 0 Å². The van der Waals surface area contributed by atoms with Crippen molar-refractivity contribution in [1.82, 2.24) is 0 Å². The molecule has 10 nitrogen and oxygen atoms in total. The highest BCUT2D eigenvalue weighted by Gasteiger charge is 2.44. The monoisotopic (exact) mass is 835 g/mol. The van der Waals surface area contributed by atoms with Crippen LogP contribution in [-0.2, 0) is 28.5 Å². The molecule has 0 saturated carbocycles. The second-order valence-corrected chi connectivity index (χ2v) is 16.2. The zero-order valence-corrected chi connectivity index (χ0v) is 37.2. The molecule has 0 radical (unpaired) electrons. The molecule has 0 spiro atoms. The average molecular weight is 835 g/mol. The molecule has 1 aliphatic rings. The van der Waals surface area contributed by atoms with Crippen molar-refractivity contribution in [3.63, 3.8) is 0 Å². The largest absolute Gasteiger partial charge is 0.462 e. The van der Waals surface area contributed by atoms with Gasteiger partial charge in [-0.25, -0.2) is 0 Å². The van der Waals surface area contributed by atoms with Gasteiger partial charge in [0.2, 0.25) is 0 Å². The first-order valence-corrected chi connectivity index (χ1v) is 23.7. The summed E-state index contributed by atoms with van der Waals surface area (Å²) in [4.78, 5) is 25.4. The van der Waals surface area contributed by atoms with E-state index in [1.165, 1.54) is 83.5 Å².